The molecule has 0 aromatic carbocycles. The maximum atomic E-state index is 10.1. The fraction of sp³-hybridized carbons (Fsp3) is 0.333. The van der Waals surface area contributed by atoms with Crippen molar-refractivity contribution in [1.29, 1.82) is 5.26 Å². The molecular formula is C9H6N2OS. The second-order valence-electron chi connectivity index (χ2n) is 2.85. The van der Waals surface area contributed by atoms with Gasteiger partial charge in [0.05, 0.1) is 5.56 Å². The third-order valence-corrected chi connectivity index (χ3v) is 3.35. The molecule has 0 N–H and O–H groups in total. The van der Waals surface area contributed by atoms with Crippen LogP contribution in [-0.2, 0) is 17.6 Å². The third kappa shape index (κ3) is 1.19. The number of aliphatic imine (C=N–C) groups is 1. The van der Waals surface area contributed by atoms with Crippen LogP contribution in [-0.4, -0.2) is 6.08 Å². The Morgan fingerprint density at radius 2 is 2.31 bits per heavy atom. The highest BCUT2D eigenvalue weighted by molar-refractivity contribution is 7.16. The van der Waals surface area contributed by atoms with Crippen molar-refractivity contribution in [2.24, 2.45) is 4.99 Å². The summed E-state index contributed by atoms with van der Waals surface area (Å²) < 4.78 is 0. The van der Waals surface area contributed by atoms with E-state index in [-0.39, 0.29) is 0 Å². The summed E-state index contributed by atoms with van der Waals surface area (Å²) in [6.07, 6.45) is 4.56. The Hall–Kier alpha value is -1.43. The molecule has 4 heteroatoms. The lowest BCUT2D eigenvalue weighted by atomic mass is 10.1. The Morgan fingerprint density at radius 3 is 3.00 bits per heavy atom. The molecule has 0 atom stereocenters. The van der Waals surface area contributed by atoms with Crippen molar-refractivity contribution in [1.82, 2.24) is 0 Å². The molecule has 0 radical (unpaired) electrons. The molecule has 3 nitrogen and oxygen atoms in total. The van der Waals surface area contributed by atoms with E-state index in [1.54, 1.807) is 0 Å². The molecule has 0 amide bonds. The molecule has 1 aliphatic carbocycles. The zero-order chi connectivity index (χ0) is 9.26. The molecule has 1 aliphatic rings. The Balaban J connectivity index is 2.61. The highest BCUT2D eigenvalue weighted by atomic mass is 32.1. The maximum Gasteiger partial charge on any atom is 0.241 e. The van der Waals surface area contributed by atoms with E-state index in [0.717, 1.165) is 24.8 Å². The van der Waals surface area contributed by atoms with Gasteiger partial charge in [-0.25, -0.2) is 4.79 Å². The van der Waals surface area contributed by atoms with Crippen LogP contribution in [0, 0.1) is 11.3 Å². The molecule has 64 valence electrons. The fourth-order valence-corrected chi connectivity index (χ4v) is 2.79. The third-order valence-electron chi connectivity index (χ3n) is 2.16. The van der Waals surface area contributed by atoms with Gasteiger partial charge in [-0.15, -0.1) is 11.3 Å². The van der Waals surface area contributed by atoms with E-state index < -0.39 is 0 Å². The predicted molar refractivity (Wildman–Crippen MR) is 48.8 cm³/mol. The highest BCUT2D eigenvalue weighted by Crippen LogP contribution is 2.39. The average Bonchev–Trinajstić information content (AvgIpc) is 2.64. The quantitative estimate of drug-likeness (QED) is 0.503. The Bertz CT molecular complexity index is 435. The number of hydrogen-bond acceptors (Lipinski definition) is 4. The Labute approximate surface area is 79.3 Å². The van der Waals surface area contributed by atoms with Gasteiger partial charge in [0.25, 0.3) is 0 Å². The van der Waals surface area contributed by atoms with Gasteiger partial charge in [0.15, 0.2) is 0 Å². The van der Waals surface area contributed by atoms with Gasteiger partial charge in [-0.1, -0.05) is 0 Å². The topological polar surface area (TPSA) is 53.2 Å². The molecule has 1 aromatic heterocycles. The second kappa shape index (κ2) is 3.14. The molecule has 0 saturated heterocycles. The van der Waals surface area contributed by atoms with Gasteiger partial charge < -0.3 is 0 Å². The minimum absolute atomic E-state index is 0.530. The zero-order valence-electron chi connectivity index (χ0n) is 6.83. The predicted octanol–water partition coefficient (Wildman–Crippen LogP) is 2.08. The largest absolute Gasteiger partial charge is 0.241 e. The zero-order valence-corrected chi connectivity index (χ0v) is 7.65. The monoisotopic (exact) mass is 190 g/mol. The van der Waals surface area contributed by atoms with Gasteiger partial charge >= 0.3 is 0 Å². The van der Waals surface area contributed by atoms with Crippen LogP contribution >= 0.6 is 11.3 Å². The fourth-order valence-electron chi connectivity index (χ4n) is 1.63. The first-order valence-electron chi connectivity index (χ1n) is 3.99. The summed E-state index contributed by atoms with van der Waals surface area (Å²) in [7, 11) is 0. The normalized spacial score (nSPS) is 13.2. The van der Waals surface area contributed by atoms with Crippen molar-refractivity contribution >= 4 is 22.4 Å². The summed E-state index contributed by atoms with van der Waals surface area (Å²) in [6.45, 7) is 0. The Morgan fingerprint density at radius 1 is 1.46 bits per heavy atom. The van der Waals surface area contributed by atoms with Crippen LogP contribution in [0.15, 0.2) is 4.99 Å². The van der Waals surface area contributed by atoms with Gasteiger partial charge in [-0.3, -0.25) is 0 Å². The highest BCUT2D eigenvalue weighted by Gasteiger charge is 2.21. The number of isocyanates is 1. The summed E-state index contributed by atoms with van der Waals surface area (Å²) in [5.41, 5.74) is 1.68. The molecule has 0 unspecified atom stereocenters. The Kier molecular flexibility index (Phi) is 1.97. The molecule has 0 fully saturated rings. The van der Waals surface area contributed by atoms with E-state index in [0.29, 0.717) is 10.6 Å². The number of nitrogens with zero attached hydrogens (tertiary/aromatic N) is 2. The van der Waals surface area contributed by atoms with E-state index in [2.05, 4.69) is 11.1 Å². The number of carbonyl (C=O) groups excluding carboxylic acids is 1. The summed E-state index contributed by atoms with van der Waals surface area (Å²) in [5, 5.41) is 9.39. The van der Waals surface area contributed by atoms with Gasteiger partial charge in [-0.05, 0) is 24.8 Å². The first-order valence-corrected chi connectivity index (χ1v) is 4.81. The van der Waals surface area contributed by atoms with Gasteiger partial charge in [0.1, 0.15) is 11.1 Å². The van der Waals surface area contributed by atoms with E-state index in [1.165, 1.54) is 22.3 Å². The van der Waals surface area contributed by atoms with Crippen LogP contribution < -0.4 is 0 Å². The molecule has 0 spiro atoms. The summed E-state index contributed by atoms with van der Waals surface area (Å²) in [4.78, 5) is 14.8. The molecule has 0 saturated carbocycles. The number of nitriles is 1. The van der Waals surface area contributed by atoms with Crippen molar-refractivity contribution in [3.05, 3.63) is 16.0 Å². The lowest BCUT2D eigenvalue weighted by Crippen LogP contribution is -1.79. The van der Waals surface area contributed by atoms with E-state index >= 15 is 0 Å². The van der Waals surface area contributed by atoms with Crippen LogP contribution in [0.25, 0.3) is 0 Å². The van der Waals surface area contributed by atoms with Crippen LogP contribution in [0.2, 0.25) is 0 Å². The molecule has 2 rings (SSSR count). The second-order valence-corrected chi connectivity index (χ2v) is 3.94. The van der Waals surface area contributed by atoms with E-state index in [4.69, 9.17) is 5.26 Å². The van der Waals surface area contributed by atoms with Crippen molar-refractivity contribution in [2.45, 2.75) is 19.3 Å². The summed E-state index contributed by atoms with van der Waals surface area (Å²) in [5.74, 6) is 0. The standard InChI is InChI=1S/C9H6N2OS/c10-4-7-6-2-1-3-8(6)13-9(7)11-5-12/h1-3H2. The molecule has 1 heterocycles. The lowest BCUT2D eigenvalue weighted by Gasteiger charge is -1.88. The molecular weight excluding hydrogens is 184 g/mol. The lowest BCUT2D eigenvalue weighted by molar-refractivity contribution is 0.565. The average molecular weight is 190 g/mol. The number of rotatable bonds is 1. The summed E-state index contributed by atoms with van der Waals surface area (Å²) in [6, 6.07) is 2.10. The van der Waals surface area contributed by atoms with Crippen LogP contribution in [0.5, 0.6) is 0 Å². The van der Waals surface area contributed by atoms with Crippen molar-refractivity contribution < 1.29 is 4.79 Å². The smallest absolute Gasteiger partial charge is 0.211 e. The number of thiophene rings is 1. The van der Waals surface area contributed by atoms with Crippen LogP contribution in [0.1, 0.15) is 22.4 Å². The van der Waals surface area contributed by atoms with Crippen molar-refractivity contribution in [3.8, 4) is 6.07 Å². The molecule has 0 aliphatic heterocycles. The SMILES string of the molecule is N#Cc1c(N=C=O)sc2c1CCC2. The van der Waals surface area contributed by atoms with Crippen molar-refractivity contribution in [2.75, 3.05) is 0 Å². The maximum absolute atomic E-state index is 10.1. The van der Waals surface area contributed by atoms with Gasteiger partial charge in [0, 0.05) is 4.88 Å². The van der Waals surface area contributed by atoms with E-state index in [9.17, 15) is 4.79 Å². The molecule has 0 bridgehead atoms. The molecule has 1 aromatic rings. The van der Waals surface area contributed by atoms with Crippen LogP contribution in [0.4, 0.5) is 5.00 Å². The van der Waals surface area contributed by atoms with Gasteiger partial charge in [0.2, 0.25) is 6.08 Å². The summed E-state index contributed by atoms with van der Waals surface area (Å²) >= 11 is 1.45. The van der Waals surface area contributed by atoms with Crippen LogP contribution in [0.3, 0.4) is 0 Å². The first kappa shape index (κ1) is 8.18. The number of aryl methyl sites for hydroxylation is 1. The minimum Gasteiger partial charge on any atom is -0.211 e. The number of hydrogen-bond donors (Lipinski definition) is 0. The van der Waals surface area contributed by atoms with E-state index in [1.807, 2.05) is 0 Å². The molecule has 13 heavy (non-hydrogen) atoms. The first-order chi connectivity index (χ1) is 6.36. The minimum atomic E-state index is 0.530. The van der Waals surface area contributed by atoms with Gasteiger partial charge in [-0.2, -0.15) is 10.3 Å². The van der Waals surface area contributed by atoms with Crippen molar-refractivity contribution in [3.63, 3.8) is 0 Å². The number of fused-ring (bicyclic) bond motifs is 1.